The number of aliphatic hydroxyl groups is 1. The number of rotatable bonds is 5. The van der Waals surface area contributed by atoms with Crippen molar-refractivity contribution in [3.63, 3.8) is 0 Å². The highest BCUT2D eigenvalue weighted by Gasteiger charge is 2.30. The van der Waals surface area contributed by atoms with Gasteiger partial charge in [0.05, 0.1) is 25.8 Å². The minimum absolute atomic E-state index is 0.220. The molecule has 1 aliphatic heterocycles. The number of hydrogen-bond donors (Lipinski definition) is 2. The lowest BCUT2D eigenvalue weighted by Crippen LogP contribution is -2.51. The molecule has 17 heavy (non-hydrogen) atoms. The van der Waals surface area contributed by atoms with Gasteiger partial charge in [0.2, 0.25) is 5.91 Å². The van der Waals surface area contributed by atoms with Gasteiger partial charge in [-0.3, -0.25) is 4.79 Å². The van der Waals surface area contributed by atoms with Gasteiger partial charge >= 0.3 is 0 Å². The van der Waals surface area contributed by atoms with E-state index < -0.39 is 25.1 Å². The largest absolute Gasteiger partial charge is 0.390 e. The van der Waals surface area contributed by atoms with Crippen LogP contribution in [0.15, 0.2) is 0 Å². The fraction of sp³-hybridized carbons (Fsp3) is 0.900. The van der Waals surface area contributed by atoms with Crippen LogP contribution in [0.1, 0.15) is 6.92 Å². The molecule has 0 aromatic rings. The zero-order chi connectivity index (χ0) is 12.9. The van der Waals surface area contributed by atoms with Gasteiger partial charge in [0.15, 0.2) is 0 Å². The van der Waals surface area contributed by atoms with E-state index in [-0.39, 0.29) is 5.91 Å². The Morgan fingerprint density at radius 3 is 2.65 bits per heavy atom. The molecule has 1 unspecified atom stereocenters. The van der Waals surface area contributed by atoms with Crippen molar-refractivity contribution in [3.05, 3.63) is 0 Å². The van der Waals surface area contributed by atoms with Gasteiger partial charge in [0, 0.05) is 13.1 Å². The van der Waals surface area contributed by atoms with Crippen molar-refractivity contribution in [3.8, 4) is 0 Å². The Morgan fingerprint density at radius 2 is 2.12 bits per heavy atom. The van der Waals surface area contributed by atoms with Crippen molar-refractivity contribution in [2.45, 2.75) is 18.9 Å². The molecular weight excluding hydrogens is 234 g/mol. The Kier molecular flexibility index (Phi) is 5.23. The topological polar surface area (TPSA) is 61.8 Å². The summed E-state index contributed by atoms with van der Waals surface area (Å²) in [6.07, 6.45) is 0. The van der Waals surface area contributed by atoms with E-state index >= 15 is 0 Å². The zero-order valence-corrected chi connectivity index (χ0v) is 9.79. The minimum atomic E-state index is -3.19. The van der Waals surface area contributed by atoms with E-state index in [0.717, 1.165) is 0 Å². The second-order valence-corrected chi connectivity index (χ2v) is 4.05. The fourth-order valence-corrected chi connectivity index (χ4v) is 1.50. The molecule has 1 saturated heterocycles. The molecule has 0 spiro atoms. The monoisotopic (exact) mass is 252 g/mol. The van der Waals surface area contributed by atoms with Gasteiger partial charge in [-0.25, -0.2) is 8.78 Å². The minimum Gasteiger partial charge on any atom is -0.390 e. The van der Waals surface area contributed by atoms with Gasteiger partial charge in [-0.2, -0.15) is 0 Å². The molecule has 0 radical (unpaired) electrons. The average Bonchev–Trinajstić information content (AvgIpc) is 2.36. The first kappa shape index (κ1) is 14.3. The molecule has 1 aliphatic rings. The standard InChI is InChI=1S/C10H18F2N2O3/c1-8(13-6-10(11,12)7-15)9(16)14-2-4-17-5-3-14/h8,13,15H,2-7H2,1H3. The summed E-state index contributed by atoms with van der Waals surface area (Å²) in [5.41, 5.74) is 0. The maximum absolute atomic E-state index is 12.8. The Labute approximate surface area is 98.7 Å². The summed E-state index contributed by atoms with van der Waals surface area (Å²) in [5.74, 6) is -3.42. The first-order chi connectivity index (χ1) is 7.96. The molecule has 0 bridgehead atoms. The Hall–Kier alpha value is -0.790. The molecule has 1 rings (SSSR count). The lowest BCUT2D eigenvalue weighted by atomic mass is 10.2. The molecule has 7 heteroatoms. The van der Waals surface area contributed by atoms with E-state index in [1.807, 2.05) is 0 Å². The third-order valence-corrected chi connectivity index (χ3v) is 2.59. The number of amides is 1. The highest BCUT2D eigenvalue weighted by molar-refractivity contribution is 5.81. The molecule has 1 fully saturated rings. The summed E-state index contributed by atoms with van der Waals surface area (Å²) in [7, 11) is 0. The number of halogens is 2. The van der Waals surface area contributed by atoms with Gasteiger partial charge in [0.1, 0.15) is 6.61 Å². The van der Waals surface area contributed by atoms with E-state index in [2.05, 4.69) is 5.32 Å². The van der Waals surface area contributed by atoms with E-state index in [1.54, 1.807) is 4.90 Å². The average molecular weight is 252 g/mol. The van der Waals surface area contributed by atoms with E-state index in [0.29, 0.717) is 26.3 Å². The Morgan fingerprint density at radius 1 is 1.53 bits per heavy atom. The highest BCUT2D eigenvalue weighted by Crippen LogP contribution is 2.10. The number of morpholine rings is 1. The number of hydrogen-bond acceptors (Lipinski definition) is 4. The van der Waals surface area contributed by atoms with Crippen LogP contribution in [0, 0.1) is 0 Å². The van der Waals surface area contributed by atoms with Crippen LogP contribution in [0.25, 0.3) is 0 Å². The number of ether oxygens (including phenoxy) is 1. The third kappa shape index (κ3) is 4.53. The van der Waals surface area contributed by atoms with Crippen LogP contribution in [-0.2, 0) is 9.53 Å². The zero-order valence-electron chi connectivity index (χ0n) is 9.79. The van der Waals surface area contributed by atoms with Crippen LogP contribution in [0.2, 0.25) is 0 Å². The van der Waals surface area contributed by atoms with E-state index in [4.69, 9.17) is 9.84 Å². The molecule has 0 saturated carbocycles. The van der Waals surface area contributed by atoms with Crippen LogP contribution in [0.3, 0.4) is 0 Å². The Balaban J connectivity index is 2.36. The van der Waals surface area contributed by atoms with Crippen LogP contribution in [-0.4, -0.2) is 67.3 Å². The quantitative estimate of drug-likeness (QED) is 0.689. The number of aliphatic hydroxyl groups excluding tert-OH is 1. The van der Waals surface area contributed by atoms with Crippen molar-refractivity contribution in [2.75, 3.05) is 39.5 Å². The molecule has 2 N–H and O–H groups in total. The molecule has 0 aliphatic carbocycles. The summed E-state index contributed by atoms with van der Waals surface area (Å²) in [4.78, 5) is 13.4. The molecule has 0 aromatic heterocycles. The van der Waals surface area contributed by atoms with Gasteiger partial charge in [-0.05, 0) is 6.92 Å². The SMILES string of the molecule is CC(NCC(F)(F)CO)C(=O)N1CCOCC1. The van der Waals surface area contributed by atoms with Gasteiger partial charge in [-0.15, -0.1) is 0 Å². The normalized spacial score (nSPS) is 19.2. The number of nitrogens with zero attached hydrogens (tertiary/aromatic N) is 1. The van der Waals surface area contributed by atoms with Crippen molar-refractivity contribution in [1.82, 2.24) is 10.2 Å². The third-order valence-electron chi connectivity index (χ3n) is 2.59. The van der Waals surface area contributed by atoms with Gasteiger partial charge < -0.3 is 20.1 Å². The van der Waals surface area contributed by atoms with Crippen LogP contribution in [0.5, 0.6) is 0 Å². The highest BCUT2D eigenvalue weighted by atomic mass is 19.3. The first-order valence-electron chi connectivity index (χ1n) is 5.55. The number of carbonyl (C=O) groups excluding carboxylic acids is 1. The lowest BCUT2D eigenvalue weighted by molar-refractivity contribution is -0.137. The number of nitrogens with one attached hydrogen (secondary N) is 1. The molecule has 5 nitrogen and oxygen atoms in total. The smallest absolute Gasteiger partial charge is 0.282 e. The predicted molar refractivity (Wildman–Crippen MR) is 56.9 cm³/mol. The molecule has 1 atom stereocenters. The van der Waals surface area contributed by atoms with Crippen molar-refractivity contribution in [2.24, 2.45) is 0 Å². The molecule has 0 aromatic carbocycles. The first-order valence-corrected chi connectivity index (χ1v) is 5.55. The van der Waals surface area contributed by atoms with Gasteiger partial charge in [-0.1, -0.05) is 0 Å². The maximum Gasteiger partial charge on any atom is 0.282 e. The van der Waals surface area contributed by atoms with Crippen LogP contribution >= 0.6 is 0 Å². The maximum atomic E-state index is 12.8. The van der Waals surface area contributed by atoms with Crippen molar-refractivity contribution in [1.29, 1.82) is 0 Å². The number of alkyl halides is 2. The summed E-state index contributed by atoms with van der Waals surface area (Å²) in [6, 6.07) is -0.689. The number of carbonyl (C=O) groups is 1. The molecular formula is C10H18F2N2O3. The summed E-state index contributed by atoms with van der Waals surface area (Å²) in [6.45, 7) is 1.53. The van der Waals surface area contributed by atoms with Crippen LogP contribution in [0.4, 0.5) is 8.78 Å². The van der Waals surface area contributed by atoms with Gasteiger partial charge in [0.25, 0.3) is 5.92 Å². The lowest BCUT2D eigenvalue weighted by Gasteiger charge is -2.30. The molecule has 1 heterocycles. The van der Waals surface area contributed by atoms with E-state index in [9.17, 15) is 13.6 Å². The van der Waals surface area contributed by atoms with Crippen molar-refractivity contribution >= 4 is 5.91 Å². The molecule has 100 valence electrons. The van der Waals surface area contributed by atoms with E-state index in [1.165, 1.54) is 6.92 Å². The van der Waals surface area contributed by atoms with Crippen molar-refractivity contribution < 1.29 is 23.4 Å². The summed E-state index contributed by atoms with van der Waals surface area (Å²) in [5, 5.41) is 10.8. The second kappa shape index (κ2) is 6.23. The Bertz CT molecular complexity index is 258. The predicted octanol–water partition coefficient (Wildman–Crippen LogP) is -0.549. The fourth-order valence-electron chi connectivity index (χ4n) is 1.50. The summed E-state index contributed by atoms with van der Waals surface area (Å²) < 4.78 is 30.6. The second-order valence-electron chi connectivity index (χ2n) is 4.05. The molecule has 1 amide bonds. The summed E-state index contributed by atoms with van der Waals surface area (Å²) >= 11 is 0. The van der Waals surface area contributed by atoms with Crippen LogP contribution < -0.4 is 5.32 Å².